The van der Waals surface area contributed by atoms with Gasteiger partial charge in [0.05, 0.1) is 24.8 Å². The van der Waals surface area contributed by atoms with Crippen molar-refractivity contribution >= 4 is 38.1 Å². The van der Waals surface area contributed by atoms with Crippen LogP contribution in [0.1, 0.15) is 0 Å². The van der Waals surface area contributed by atoms with E-state index in [-0.39, 0.29) is 15.3 Å². The molecular weight excluding hydrogens is 438 g/mol. The van der Waals surface area contributed by atoms with E-state index in [0.717, 1.165) is 0 Å². The van der Waals surface area contributed by atoms with Crippen LogP contribution in [0.15, 0.2) is 92.0 Å². The van der Waals surface area contributed by atoms with Gasteiger partial charge in [-0.3, -0.25) is 0 Å². The van der Waals surface area contributed by atoms with Crippen LogP contribution in [0, 0.1) is 0 Å². The van der Waals surface area contributed by atoms with Crippen LogP contribution in [-0.4, -0.2) is 22.6 Å². The monoisotopic (exact) mass is 455 g/mol. The zero-order valence-corrected chi connectivity index (χ0v) is 18.3. The first-order valence-corrected chi connectivity index (χ1v) is 11.1. The molecule has 0 radical (unpaired) electrons. The average molecular weight is 456 g/mol. The van der Waals surface area contributed by atoms with Crippen LogP contribution < -0.4 is 15.0 Å². The van der Waals surface area contributed by atoms with Crippen molar-refractivity contribution in [1.82, 2.24) is 0 Å². The normalized spacial score (nSPS) is 12.2. The van der Waals surface area contributed by atoms with Gasteiger partial charge < -0.3 is 13.9 Å². The van der Waals surface area contributed by atoms with Crippen LogP contribution in [0.5, 0.6) is 11.5 Å². The summed E-state index contributed by atoms with van der Waals surface area (Å²) in [6.45, 7) is 0. The van der Waals surface area contributed by atoms with Gasteiger partial charge >= 0.3 is 0 Å². The number of halogens is 1. The van der Waals surface area contributed by atoms with Gasteiger partial charge in [0.25, 0.3) is 0 Å². The van der Waals surface area contributed by atoms with Gasteiger partial charge in [0.2, 0.25) is 15.4 Å². The molecule has 0 fully saturated rings. The summed E-state index contributed by atoms with van der Waals surface area (Å²) >= 11 is 6.09. The standard InChI is InChI=1S/C23H18ClNO5S/c1-28-20-11-9-17(14-21(20)29-2)25-23-22(31(26,27)18-6-4-3-5-7-18)13-15-12-16(24)8-10-19(15)30-23/h3-14H,1-2H3. The highest BCUT2D eigenvalue weighted by molar-refractivity contribution is 7.91. The molecule has 0 saturated carbocycles. The van der Waals surface area contributed by atoms with E-state index < -0.39 is 9.84 Å². The molecular formula is C23H18ClNO5S. The van der Waals surface area contributed by atoms with Gasteiger partial charge in [0.1, 0.15) is 10.5 Å². The third kappa shape index (κ3) is 4.15. The lowest BCUT2D eigenvalue weighted by Crippen LogP contribution is -2.15. The lowest BCUT2D eigenvalue weighted by molar-refractivity contribution is 0.355. The minimum absolute atomic E-state index is 0.0501. The molecule has 0 amide bonds. The molecule has 0 atom stereocenters. The number of fused-ring (bicyclic) bond motifs is 1. The molecule has 0 spiro atoms. The SMILES string of the molecule is COc1ccc(N=c2oc3ccc(Cl)cc3cc2S(=O)(=O)c2ccccc2)cc1OC. The van der Waals surface area contributed by atoms with Gasteiger partial charge in [-0.15, -0.1) is 0 Å². The third-order valence-corrected chi connectivity index (χ3v) is 6.62. The molecule has 8 heteroatoms. The van der Waals surface area contributed by atoms with Crippen molar-refractivity contribution in [2.45, 2.75) is 9.79 Å². The van der Waals surface area contributed by atoms with Gasteiger partial charge in [0, 0.05) is 16.5 Å². The number of methoxy groups -OCH3 is 2. The first-order valence-electron chi connectivity index (χ1n) is 9.22. The maximum absolute atomic E-state index is 13.4. The number of nitrogens with zero attached hydrogens (tertiary/aromatic N) is 1. The van der Waals surface area contributed by atoms with Crippen LogP contribution in [-0.2, 0) is 9.84 Å². The van der Waals surface area contributed by atoms with E-state index in [1.807, 2.05) is 0 Å². The Labute approximate surface area is 184 Å². The lowest BCUT2D eigenvalue weighted by atomic mass is 10.2. The van der Waals surface area contributed by atoms with Gasteiger partial charge in [0.15, 0.2) is 11.5 Å². The molecule has 0 aliphatic heterocycles. The fraction of sp³-hybridized carbons (Fsp3) is 0.0870. The largest absolute Gasteiger partial charge is 0.493 e. The van der Waals surface area contributed by atoms with E-state index in [1.165, 1.54) is 32.4 Å². The molecule has 1 aromatic heterocycles. The first kappa shape index (κ1) is 21.0. The molecule has 0 unspecified atom stereocenters. The van der Waals surface area contributed by atoms with E-state index in [9.17, 15) is 8.42 Å². The van der Waals surface area contributed by atoms with Gasteiger partial charge in [-0.1, -0.05) is 29.8 Å². The number of rotatable bonds is 5. The number of hydrogen-bond donors (Lipinski definition) is 0. The Morgan fingerprint density at radius 1 is 0.871 bits per heavy atom. The van der Waals surface area contributed by atoms with Crippen molar-refractivity contribution in [3.63, 3.8) is 0 Å². The summed E-state index contributed by atoms with van der Waals surface area (Å²) in [5, 5.41) is 1.02. The molecule has 4 rings (SSSR count). The molecule has 1 heterocycles. The van der Waals surface area contributed by atoms with Crippen molar-refractivity contribution in [3.05, 3.63) is 83.4 Å². The topological polar surface area (TPSA) is 78.1 Å². The number of ether oxygens (including phenoxy) is 2. The van der Waals surface area contributed by atoms with Gasteiger partial charge in [-0.05, 0) is 48.5 Å². The van der Waals surface area contributed by atoms with Crippen molar-refractivity contribution in [2.75, 3.05) is 14.2 Å². The van der Waals surface area contributed by atoms with E-state index in [0.29, 0.717) is 33.2 Å². The second-order valence-electron chi connectivity index (χ2n) is 6.57. The van der Waals surface area contributed by atoms with Crippen molar-refractivity contribution in [2.24, 2.45) is 4.99 Å². The Morgan fingerprint density at radius 3 is 2.32 bits per heavy atom. The molecule has 0 bridgehead atoms. The molecule has 0 saturated heterocycles. The fourth-order valence-corrected chi connectivity index (χ4v) is 4.64. The molecule has 0 aliphatic rings. The van der Waals surface area contributed by atoms with E-state index in [1.54, 1.807) is 54.6 Å². The summed E-state index contributed by atoms with van der Waals surface area (Å²) < 4.78 is 43.3. The van der Waals surface area contributed by atoms with E-state index >= 15 is 0 Å². The third-order valence-electron chi connectivity index (χ3n) is 4.62. The highest BCUT2D eigenvalue weighted by Gasteiger charge is 2.22. The minimum Gasteiger partial charge on any atom is -0.493 e. The predicted molar refractivity (Wildman–Crippen MR) is 118 cm³/mol. The molecule has 3 aromatic carbocycles. The zero-order chi connectivity index (χ0) is 22.0. The summed E-state index contributed by atoms with van der Waals surface area (Å²) in [5.41, 5.74) is 0.848. The Hall–Kier alpha value is -3.29. The quantitative estimate of drug-likeness (QED) is 0.415. The summed E-state index contributed by atoms with van der Waals surface area (Å²) in [6.07, 6.45) is 0. The molecule has 31 heavy (non-hydrogen) atoms. The van der Waals surface area contributed by atoms with E-state index in [4.69, 9.17) is 25.5 Å². The molecule has 4 aromatic rings. The molecule has 6 nitrogen and oxygen atoms in total. The Kier molecular flexibility index (Phi) is 5.71. The second kappa shape index (κ2) is 8.45. The van der Waals surface area contributed by atoms with Gasteiger partial charge in [-0.25, -0.2) is 13.4 Å². The van der Waals surface area contributed by atoms with Crippen molar-refractivity contribution in [3.8, 4) is 11.5 Å². The summed E-state index contributed by atoms with van der Waals surface area (Å²) in [5.74, 6) is 0.993. The van der Waals surface area contributed by atoms with Crippen LogP contribution in [0.2, 0.25) is 5.02 Å². The van der Waals surface area contributed by atoms with Crippen LogP contribution in [0.3, 0.4) is 0 Å². The number of hydrogen-bond acceptors (Lipinski definition) is 6. The number of sulfone groups is 1. The first-order chi connectivity index (χ1) is 14.9. The second-order valence-corrected chi connectivity index (χ2v) is 8.92. The average Bonchev–Trinajstić information content (AvgIpc) is 2.79. The Balaban J connectivity index is 2.01. The molecule has 158 valence electrons. The summed E-state index contributed by atoms with van der Waals surface area (Å²) in [7, 11) is -0.867. The smallest absolute Gasteiger partial charge is 0.239 e. The van der Waals surface area contributed by atoms with Crippen LogP contribution in [0.4, 0.5) is 5.69 Å². The highest BCUT2D eigenvalue weighted by atomic mass is 35.5. The Morgan fingerprint density at radius 2 is 1.61 bits per heavy atom. The van der Waals surface area contributed by atoms with Crippen LogP contribution >= 0.6 is 11.6 Å². The number of benzene rings is 3. The maximum atomic E-state index is 13.4. The predicted octanol–water partition coefficient (Wildman–Crippen LogP) is 5.17. The van der Waals surface area contributed by atoms with Crippen molar-refractivity contribution < 1.29 is 22.3 Å². The van der Waals surface area contributed by atoms with Gasteiger partial charge in [-0.2, -0.15) is 0 Å². The minimum atomic E-state index is -3.91. The zero-order valence-electron chi connectivity index (χ0n) is 16.7. The van der Waals surface area contributed by atoms with Crippen molar-refractivity contribution in [1.29, 1.82) is 0 Å². The summed E-state index contributed by atoms with van der Waals surface area (Å²) in [4.78, 5) is 4.54. The maximum Gasteiger partial charge on any atom is 0.239 e. The molecule has 0 N–H and O–H groups in total. The Bertz CT molecular complexity index is 1430. The molecule has 0 aliphatic carbocycles. The van der Waals surface area contributed by atoms with Crippen LogP contribution in [0.25, 0.3) is 11.0 Å². The highest BCUT2D eigenvalue weighted by Crippen LogP contribution is 2.31. The fourth-order valence-electron chi connectivity index (χ4n) is 3.09. The lowest BCUT2D eigenvalue weighted by Gasteiger charge is -2.09. The van der Waals surface area contributed by atoms with E-state index in [2.05, 4.69) is 4.99 Å². The summed E-state index contributed by atoms with van der Waals surface area (Å²) in [6, 6.07) is 19.6.